The molecule has 1 rings (SSSR count). The molecule has 0 fully saturated rings. The van der Waals surface area contributed by atoms with Crippen molar-refractivity contribution in [3.05, 3.63) is 24.0 Å². The highest BCUT2D eigenvalue weighted by Gasteiger charge is 2.04. The second-order valence-corrected chi connectivity index (χ2v) is 3.24. The fourth-order valence-electron chi connectivity index (χ4n) is 0.914. The zero-order valence-corrected chi connectivity index (χ0v) is 8.58. The molecule has 0 saturated carbocycles. The first-order valence-electron chi connectivity index (χ1n) is 4.45. The van der Waals surface area contributed by atoms with Gasteiger partial charge in [0.05, 0.1) is 12.2 Å². The molecule has 0 aliphatic heterocycles. The van der Waals surface area contributed by atoms with Gasteiger partial charge in [-0.05, 0) is 13.8 Å². The highest BCUT2D eigenvalue weighted by atomic mass is 16.5. The zero-order chi connectivity index (χ0) is 10.6. The Morgan fingerprint density at radius 1 is 1.57 bits per heavy atom. The van der Waals surface area contributed by atoms with Crippen LogP contribution in [0.4, 0.5) is 5.82 Å². The molecule has 0 amide bonds. The molecule has 0 unspecified atom stereocenters. The van der Waals surface area contributed by atoms with Crippen LogP contribution >= 0.6 is 0 Å². The summed E-state index contributed by atoms with van der Waals surface area (Å²) in [7, 11) is 0. The minimum Gasteiger partial charge on any atom is -0.477 e. The van der Waals surface area contributed by atoms with E-state index in [4.69, 9.17) is 10.5 Å². The molecule has 0 aliphatic carbocycles. The summed E-state index contributed by atoms with van der Waals surface area (Å²) in [5.74, 6) is 1.02. The lowest BCUT2D eigenvalue weighted by molar-refractivity contribution is 0.306. The van der Waals surface area contributed by atoms with E-state index in [0.717, 1.165) is 17.6 Å². The Hall–Kier alpha value is -1.58. The Balaban J connectivity index is 2.59. The first-order valence-corrected chi connectivity index (χ1v) is 4.45. The van der Waals surface area contributed by atoms with E-state index in [0.29, 0.717) is 18.3 Å². The number of ether oxygens (including phenoxy) is 1. The van der Waals surface area contributed by atoms with E-state index in [1.165, 1.54) is 6.33 Å². The molecule has 0 bridgehead atoms. The van der Waals surface area contributed by atoms with Crippen molar-refractivity contribution in [2.45, 2.75) is 20.3 Å². The number of nitrogens with two attached hydrogens (primary N) is 1. The second kappa shape index (κ2) is 4.60. The maximum Gasteiger partial charge on any atom is 0.221 e. The molecule has 1 aromatic rings. The molecule has 0 atom stereocenters. The predicted molar refractivity (Wildman–Crippen MR) is 56.1 cm³/mol. The Bertz CT molecular complexity index is 336. The Labute approximate surface area is 83.8 Å². The lowest BCUT2D eigenvalue weighted by atomic mass is 10.3. The Kier molecular flexibility index (Phi) is 3.45. The summed E-state index contributed by atoms with van der Waals surface area (Å²) in [5.41, 5.74) is 7.48. The van der Waals surface area contributed by atoms with Gasteiger partial charge in [0.15, 0.2) is 0 Å². The fourth-order valence-corrected chi connectivity index (χ4v) is 0.914. The van der Waals surface area contributed by atoms with Gasteiger partial charge in [-0.1, -0.05) is 5.57 Å². The third-order valence-corrected chi connectivity index (χ3v) is 1.84. The van der Waals surface area contributed by atoms with Crippen molar-refractivity contribution in [1.29, 1.82) is 0 Å². The quantitative estimate of drug-likeness (QED) is 0.739. The molecule has 0 radical (unpaired) electrons. The van der Waals surface area contributed by atoms with Gasteiger partial charge in [-0.25, -0.2) is 9.97 Å². The van der Waals surface area contributed by atoms with E-state index in [9.17, 15) is 0 Å². The van der Waals surface area contributed by atoms with Gasteiger partial charge in [0.25, 0.3) is 0 Å². The lowest BCUT2D eigenvalue weighted by Crippen LogP contribution is -2.04. The Morgan fingerprint density at radius 2 is 2.29 bits per heavy atom. The summed E-state index contributed by atoms with van der Waals surface area (Å²) in [4.78, 5) is 7.84. The highest BCUT2D eigenvalue weighted by molar-refractivity contribution is 5.43. The van der Waals surface area contributed by atoms with E-state index in [1.54, 1.807) is 0 Å². The van der Waals surface area contributed by atoms with Crippen LogP contribution in [0, 0.1) is 6.92 Å². The predicted octanol–water partition coefficient (Wildman–Crippen LogP) is 1.71. The van der Waals surface area contributed by atoms with Gasteiger partial charge < -0.3 is 10.5 Å². The molecular formula is C10H15N3O. The molecule has 0 aliphatic rings. The van der Waals surface area contributed by atoms with E-state index in [1.807, 2.05) is 13.8 Å². The van der Waals surface area contributed by atoms with Crippen LogP contribution in [0.1, 0.15) is 18.9 Å². The van der Waals surface area contributed by atoms with Gasteiger partial charge in [-0.2, -0.15) is 0 Å². The molecule has 14 heavy (non-hydrogen) atoms. The van der Waals surface area contributed by atoms with Crippen LogP contribution in [0.15, 0.2) is 18.5 Å². The number of rotatable bonds is 4. The topological polar surface area (TPSA) is 61.0 Å². The summed E-state index contributed by atoms with van der Waals surface area (Å²) in [6.45, 7) is 8.17. The van der Waals surface area contributed by atoms with Crippen molar-refractivity contribution in [3.8, 4) is 5.88 Å². The third kappa shape index (κ3) is 2.73. The van der Waals surface area contributed by atoms with Crippen LogP contribution in [0.25, 0.3) is 0 Å². The van der Waals surface area contributed by atoms with E-state index in [2.05, 4.69) is 16.5 Å². The van der Waals surface area contributed by atoms with Crippen LogP contribution in [0.5, 0.6) is 5.88 Å². The molecule has 1 aromatic heterocycles. The number of hydrogen-bond acceptors (Lipinski definition) is 4. The van der Waals surface area contributed by atoms with Crippen LogP contribution in [-0.2, 0) is 0 Å². The number of nitrogens with zero attached hydrogens (tertiary/aromatic N) is 2. The number of nitrogen functional groups attached to an aromatic ring is 1. The minimum atomic E-state index is 0.463. The van der Waals surface area contributed by atoms with Crippen molar-refractivity contribution >= 4 is 5.82 Å². The van der Waals surface area contributed by atoms with E-state index >= 15 is 0 Å². The normalized spacial score (nSPS) is 9.86. The van der Waals surface area contributed by atoms with Gasteiger partial charge >= 0.3 is 0 Å². The monoisotopic (exact) mass is 193 g/mol. The Morgan fingerprint density at radius 3 is 2.93 bits per heavy atom. The van der Waals surface area contributed by atoms with Crippen molar-refractivity contribution in [1.82, 2.24) is 9.97 Å². The summed E-state index contributed by atoms with van der Waals surface area (Å²) < 4.78 is 5.44. The first kappa shape index (κ1) is 10.5. The third-order valence-electron chi connectivity index (χ3n) is 1.84. The maximum atomic E-state index is 5.60. The summed E-state index contributed by atoms with van der Waals surface area (Å²) in [6.07, 6.45) is 2.22. The molecule has 0 spiro atoms. The molecule has 76 valence electrons. The lowest BCUT2D eigenvalue weighted by Gasteiger charge is -2.08. The van der Waals surface area contributed by atoms with Crippen LogP contribution in [0.2, 0.25) is 0 Å². The number of aromatic nitrogens is 2. The van der Waals surface area contributed by atoms with Gasteiger partial charge in [0.2, 0.25) is 5.88 Å². The molecule has 0 aromatic carbocycles. The van der Waals surface area contributed by atoms with Crippen LogP contribution in [-0.4, -0.2) is 16.6 Å². The average Bonchev–Trinajstić information content (AvgIpc) is 2.12. The molecule has 1 heterocycles. The second-order valence-electron chi connectivity index (χ2n) is 3.24. The van der Waals surface area contributed by atoms with Crippen LogP contribution in [0.3, 0.4) is 0 Å². The van der Waals surface area contributed by atoms with E-state index in [-0.39, 0.29) is 0 Å². The van der Waals surface area contributed by atoms with Gasteiger partial charge in [0, 0.05) is 6.42 Å². The molecular weight excluding hydrogens is 178 g/mol. The number of hydrogen-bond donors (Lipinski definition) is 1. The highest BCUT2D eigenvalue weighted by Crippen LogP contribution is 2.17. The van der Waals surface area contributed by atoms with Crippen molar-refractivity contribution in [2.24, 2.45) is 0 Å². The van der Waals surface area contributed by atoms with Crippen molar-refractivity contribution < 1.29 is 4.74 Å². The smallest absolute Gasteiger partial charge is 0.221 e. The largest absolute Gasteiger partial charge is 0.477 e. The summed E-state index contributed by atoms with van der Waals surface area (Å²) in [5, 5.41) is 0. The number of anilines is 1. The first-order chi connectivity index (χ1) is 6.61. The van der Waals surface area contributed by atoms with Gasteiger partial charge in [-0.15, -0.1) is 6.58 Å². The molecule has 2 N–H and O–H groups in total. The summed E-state index contributed by atoms with van der Waals surface area (Å²) >= 11 is 0. The standard InChI is InChI=1S/C10H15N3O/c1-7(2)4-5-14-10-8(3)9(11)12-6-13-10/h6H,1,4-5H2,2-3H3,(H2,11,12,13). The average molecular weight is 193 g/mol. The SMILES string of the molecule is C=C(C)CCOc1ncnc(N)c1C. The molecule has 0 saturated heterocycles. The fraction of sp³-hybridized carbons (Fsp3) is 0.400. The van der Waals surface area contributed by atoms with Crippen LogP contribution < -0.4 is 10.5 Å². The van der Waals surface area contributed by atoms with Gasteiger partial charge in [0.1, 0.15) is 12.1 Å². The van der Waals surface area contributed by atoms with E-state index < -0.39 is 0 Å². The minimum absolute atomic E-state index is 0.463. The van der Waals surface area contributed by atoms with Crippen molar-refractivity contribution in [2.75, 3.05) is 12.3 Å². The molecule has 4 heteroatoms. The summed E-state index contributed by atoms with van der Waals surface area (Å²) in [6, 6.07) is 0. The van der Waals surface area contributed by atoms with Gasteiger partial charge in [-0.3, -0.25) is 0 Å². The van der Waals surface area contributed by atoms with Crippen molar-refractivity contribution in [3.63, 3.8) is 0 Å². The zero-order valence-electron chi connectivity index (χ0n) is 8.58. The molecule has 4 nitrogen and oxygen atoms in total. The maximum absolute atomic E-state index is 5.60.